The molecule has 1 atom stereocenters. The Labute approximate surface area is 95.1 Å². The molecule has 0 heterocycles. The molecule has 0 bridgehead atoms. The first kappa shape index (κ1) is 12.1. The second-order valence-electron chi connectivity index (χ2n) is 3.61. The summed E-state index contributed by atoms with van der Waals surface area (Å²) in [6.07, 6.45) is 2.14. The van der Waals surface area contributed by atoms with E-state index >= 15 is 0 Å². The number of hydrogen-bond donors (Lipinski definition) is 1. The Morgan fingerprint density at radius 2 is 2.27 bits per heavy atom. The second kappa shape index (κ2) is 4.69. The summed E-state index contributed by atoms with van der Waals surface area (Å²) in [6, 6.07) is 5.19. The van der Waals surface area contributed by atoms with Gasteiger partial charge in [0, 0.05) is 10.6 Å². The van der Waals surface area contributed by atoms with Gasteiger partial charge >= 0.3 is 0 Å². The van der Waals surface area contributed by atoms with Crippen LogP contribution in [0.2, 0.25) is 5.02 Å². The van der Waals surface area contributed by atoms with E-state index in [4.69, 9.17) is 16.3 Å². The van der Waals surface area contributed by atoms with Crippen LogP contribution in [0, 0.1) is 0 Å². The predicted molar refractivity (Wildman–Crippen MR) is 62.4 cm³/mol. The molecule has 0 radical (unpaired) electrons. The molecule has 82 valence electrons. The lowest BCUT2D eigenvalue weighted by molar-refractivity contribution is 0.0579. The highest BCUT2D eigenvalue weighted by Crippen LogP contribution is 2.34. The van der Waals surface area contributed by atoms with Crippen LogP contribution < -0.4 is 4.74 Å². The monoisotopic (exact) mass is 226 g/mol. The Balaban J connectivity index is 3.17. The Hall–Kier alpha value is -0.990. The minimum absolute atomic E-state index is 0.463. The van der Waals surface area contributed by atoms with Gasteiger partial charge < -0.3 is 9.84 Å². The largest absolute Gasteiger partial charge is 0.496 e. The molecule has 15 heavy (non-hydrogen) atoms. The molecule has 0 aliphatic heterocycles. The van der Waals surface area contributed by atoms with Gasteiger partial charge in [-0.05, 0) is 25.5 Å². The standard InChI is InChI=1S/C12H15ClO2/c1-4-7-12(2,14)10-6-5-9(13)8-11(10)15-3/h4-6,8,14H,1,7H2,2-3H3/t12-/m0/s1. The number of halogens is 1. The summed E-state index contributed by atoms with van der Waals surface area (Å²) in [6.45, 7) is 5.34. The molecular formula is C12H15ClO2. The van der Waals surface area contributed by atoms with Crippen LogP contribution in [0.4, 0.5) is 0 Å². The zero-order valence-electron chi connectivity index (χ0n) is 8.96. The number of aliphatic hydroxyl groups is 1. The highest BCUT2D eigenvalue weighted by atomic mass is 35.5. The van der Waals surface area contributed by atoms with Crippen molar-refractivity contribution in [1.29, 1.82) is 0 Å². The van der Waals surface area contributed by atoms with Gasteiger partial charge in [0.1, 0.15) is 5.75 Å². The molecule has 1 N–H and O–H groups in total. The number of methoxy groups -OCH3 is 1. The number of benzene rings is 1. The first-order valence-electron chi connectivity index (χ1n) is 4.68. The SMILES string of the molecule is C=CC[C@](C)(O)c1ccc(Cl)cc1OC. The number of hydrogen-bond acceptors (Lipinski definition) is 2. The predicted octanol–water partition coefficient (Wildman–Crippen LogP) is 3.13. The molecule has 0 saturated carbocycles. The van der Waals surface area contributed by atoms with Crippen LogP contribution in [0.3, 0.4) is 0 Å². The van der Waals surface area contributed by atoms with Crippen LogP contribution in [-0.4, -0.2) is 12.2 Å². The minimum Gasteiger partial charge on any atom is -0.496 e. The van der Waals surface area contributed by atoms with Gasteiger partial charge in [-0.25, -0.2) is 0 Å². The van der Waals surface area contributed by atoms with Gasteiger partial charge in [-0.3, -0.25) is 0 Å². The van der Waals surface area contributed by atoms with Gasteiger partial charge in [-0.2, -0.15) is 0 Å². The second-order valence-corrected chi connectivity index (χ2v) is 4.05. The van der Waals surface area contributed by atoms with E-state index in [1.807, 2.05) is 0 Å². The fourth-order valence-corrected chi connectivity index (χ4v) is 1.66. The highest BCUT2D eigenvalue weighted by molar-refractivity contribution is 6.30. The maximum atomic E-state index is 10.2. The van der Waals surface area contributed by atoms with Crippen LogP contribution in [-0.2, 0) is 5.60 Å². The topological polar surface area (TPSA) is 29.5 Å². The van der Waals surface area contributed by atoms with Gasteiger partial charge in [0.05, 0.1) is 12.7 Å². The maximum absolute atomic E-state index is 10.2. The lowest BCUT2D eigenvalue weighted by Crippen LogP contribution is -2.20. The molecule has 0 aliphatic rings. The third-order valence-corrected chi connectivity index (χ3v) is 2.52. The maximum Gasteiger partial charge on any atom is 0.126 e. The van der Waals surface area contributed by atoms with Crippen molar-refractivity contribution in [2.75, 3.05) is 7.11 Å². The van der Waals surface area contributed by atoms with Crippen molar-refractivity contribution in [3.05, 3.63) is 41.4 Å². The minimum atomic E-state index is -0.975. The van der Waals surface area contributed by atoms with Gasteiger partial charge in [0.25, 0.3) is 0 Å². The average Bonchev–Trinajstić information content (AvgIpc) is 2.17. The van der Waals surface area contributed by atoms with E-state index in [9.17, 15) is 5.11 Å². The lowest BCUT2D eigenvalue weighted by Gasteiger charge is -2.24. The summed E-state index contributed by atoms with van der Waals surface area (Å²) in [5.74, 6) is 0.592. The Morgan fingerprint density at radius 3 is 2.80 bits per heavy atom. The molecule has 0 spiro atoms. The molecule has 2 nitrogen and oxygen atoms in total. The molecule has 1 aromatic carbocycles. The normalized spacial score (nSPS) is 14.4. The van der Waals surface area contributed by atoms with E-state index in [1.54, 1.807) is 38.3 Å². The third kappa shape index (κ3) is 2.74. The Kier molecular flexibility index (Phi) is 3.77. The molecule has 0 unspecified atom stereocenters. The molecular weight excluding hydrogens is 212 g/mol. The summed E-state index contributed by atoms with van der Waals surface area (Å²) in [5.41, 5.74) is -0.258. The molecule has 0 amide bonds. The average molecular weight is 227 g/mol. The smallest absolute Gasteiger partial charge is 0.126 e. The molecule has 3 heteroatoms. The summed E-state index contributed by atoms with van der Waals surface area (Å²) >= 11 is 5.84. The van der Waals surface area contributed by atoms with E-state index in [0.717, 1.165) is 0 Å². The molecule has 0 aliphatic carbocycles. The van der Waals surface area contributed by atoms with E-state index in [0.29, 0.717) is 22.8 Å². The first-order valence-corrected chi connectivity index (χ1v) is 5.06. The van der Waals surface area contributed by atoms with Crippen molar-refractivity contribution in [3.8, 4) is 5.75 Å². The molecule has 1 aromatic rings. The fourth-order valence-electron chi connectivity index (χ4n) is 1.50. The van der Waals surface area contributed by atoms with Crippen LogP contribution >= 0.6 is 11.6 Å². The van der Waals surface area contributed by atoms with Crippen LogP contribution in [0.5, 0.6) is 5.75 Å². The molecule has 1 rings (SSSR count). The van der Waals surface area contributed by atoms with Crippen molar-refractivity contribution >= 4 is 11.6 Å². The molecule has 0 aromatic heterocycles. The summed E-state index contributed by atoms with van der Waals surface area (Å²) < 4.78 is 5.18. The van der Waals surface area contributed by atoms with Gasteiger partial charge in [-0.1, -0.05) is 23.7 Å². The zero-order valence-corrected chi connectivity index (χ0v) is 9.71. The van der Waals surface area contributed by atoms with Crippen molar-refractivity contribution in [2.45, 2.75) is 18.9 Å². The first-order chi connectivity index (χ1) is 7.01. The summed E-state index contributed by atoms with van der Waals surface area (Å²) in [7, 11) is 1.55. The fraction of sp³-hybridized carbons (Fsp3) is 0.333. The van der Waals surface area contributed by atoms with Crippen LogP contribution in [0.1, 0.15) is 18.9 Å². The summed E-state index contributed by atoms with van der Waals surface area (Å²) in [5, 5.41) is 10.8. The quantitative estimate of drug-likeness (QED) is 0.800. The van der Waals surface area contributed by atoms with E-state index < -0.39 is 5.60 Å². The van der Waals surface area contributed by atoms with Crippen LogP contribution in [0.25, 0.3) is 0 Å². The van der Waals surface area contributed by atoms with Crippen molar-refractivity contribution in [3.63, 3.8) is 0 Å². The van der Waals surface area contributed by atoms with Crippen LogP contribution in [0.15, 0.2) is 30.9 Å². The van der Waals surface area contributed by atoms with Crippen molar-refractivity contribution < 1.29 is 9.84 Å². The van der Waals surface area contributed by atoms with E-state index in [2.05, 4.69) is 6.58 Å². The van der Waals surface area contributed by atoms with Gasteiger partial charge in [0.15, 0.2) is 0 Å². The Morgan fingerprint density at radius 1 is 1.60 bits per heavy atom. The zero-order chi connectivity index (χ0) is 11.5. The Bertz CT molecular complexity index is 359. The molecule has 0 fully saturated rings. The third-order valence-electron chi connectivity index (χ3n) is 2.29. The summed E-state index contributed by atoms with van der Waals surface area (Å²) in [4.78, 5) is 0. The van der Waals surface area contributed by atoms with Gasteiger partial charge in [0.2, 0.25) is 0 Å². The van der Waals surface area contributed by atoms with Gasteiger partial charge in [-0.15, -0.1) is 6.58 Å². The number of rotatable bonds is 4. The van der Waals surface area contributed by atoms with Crippen molar-refractivity contribution in [1.82, 2.24) is 0 Å². The lowest BCUT2D eigenvalue weighted by atomic mass is 9.92. The highest BCUT2D eigenvalue weighted by Gasteiger charge is 2.25. The van der Waals surface area contributed by atoms with Crippen molar-refractivity contribution in [2.24, 2.45) is 0 Å². The van der Waals surface area contributed by atoms with E-state index in [1.165, 1.54) is 0 Å². The van der Waals surface area contributed by atoms with E-state index in [-0.39, 0.29) is 0 Å². The number of ether oxygens (including phenoxy) is 1. The molecule has 0 saturated heterocycles.